The maximum absolute atomic E-state index is 11.2. The molecule has 2 aliphatic rings. The molecular weight excluding hydrogens is 324 g/mol. The summed E-state index contributed by atoms with van der Waals surface area (Å²) in [5.74, 6) is 1.99. The summed E-state index contributed by atoms with van der Waals surface area (Å²) in [5.41, 5.74) is -1.31. The van der Waals surface area contributed by atoms with Crippen molar-refractivity contribution in [2.75, 3.05) is 0 Å². The summed E-state index contributed by atoms with van der Waals surface area (Å²) in [6.45, 7) is 8.97. The normalized spacial score (nSPS) is 28.4. The molecule has 3 nitrogen and oxygen atoms in total. The molecule has 4 heteroatoms. The Labute approximate surface area is 152 Å². The van der Waals surface area contributed by atoms with Crippen molar-refractivity contribution >= 4 is 22.8 Å². The molecule has 24 heavy (non-hydrogen) atoms. The van der Waals surface area contributed by atoms with E-state index >= 15 is 0 Å². The molecule has 2 aliphatic carbocycles. The van der Waals surface area contributed by atoms with Crippen molar-refractivity contribution in [3.8, 4) is 0 Å². The highest BCUT2D eigenvalue weighted by atomic mass is 35.5. The third-order valence-corrected chi connectivity index (χ3v) is 6.57. The van der Waals surface area contributed by atoms with E-state index in [1.807, 2.05) is 0 Å². The van der Waals surface area contributed by atoms with Crippen LogP contribution in [-0.4, -0.2) is 16.3 Å². The molecule has 0 spiro atoms. The molecule has 0 atom stereocenters. The van der Waals surface area contributed by atoms with Gasteiger partial charge in [0.25, 0.3) is 0 Å². The first-order valence-corrected chi connectivity index (χ1v) is 10.0. The number of carboxylic acids is 1. The monoisotopic (exact) mass is 358 g/mol. The molecule has 0 aromatic heterocycles. The van der Waals surface area contributed by atoms with Gasteiger partial charge < -0.3 is 5.11 Å². The fraction of sp³-hybridized carbons (Fsp3) is 0.900. The Hall–Kier alpha value is -0.570. The second kappa shape index (κ2) is 9.79. The molecule has 0 aromatic rings. The lowest BCUT2D eigenvalue weighted by molar-refractivity contribution is -0.155. The Morgan fingerprint density at radius 2 is 1.29 bits per heavy atom. The van der Waals surface area contributed by atoms with Gasteiger partial charge in [0.2, 0.25) is 5.24 Å². The zero-order chi connectivity index (χ0) is 18.3. The highest BCUT2D eigenvalue weighted by Gasteiger charge is 2.47. The first-order valence-electron chi connectivity index (χ1n) is 9.64. The molecule has 0 heterocycles. The number of aliphatic carboxylic acids is 1. The SMILES string of the molecule is CC(C)C1CCC(C(=O)O)(C(=O)Cl)CC1.CC(C)C1CCCCC1. The Morgan fingerprint density at radius 3 is 1.58 bits per heavy atom. The molecule has 2 saturated carbocycles. The highest BCUT2D eigenvalue weighted by Crippen LogP contribution is 2.43. The third-order valence-electron chi connectivity index (χ3n) is 6.20. The Morgan fingerprint density at radius 1 is 0.875 bits per heavy atom. The molecule has 2 fully saturated rings. The molecule has 0 unspecified atom stereocenters. The number of rotatable bonds is 4. The molecule has 0 radical (unpaired) electrons. The van der Waals surface area contributed by atoms with Gasteiger partial charge in [-0.15, -0.1) is 0 Å². The van der Waals surface area contributed by atoms with E-state index in [1.54, 1.807) is 0 Å². The molecule has 0 saturated heterocycles. The molecule has 1 N–H and O–H groups in total. The number of hydrogen-bond acceptors (Lipinski definition) is 2. The van der Waals surface area contributed by atoms with E-state index in [9.17, 15) is 9.59 Å². The Kier molecular flexibility index (Phi) is 8.76. The second-order valence-corrected chi connectivity index (χ2v) is 8.73. The number of carbonyl (C=O) groups excluding carboxylic acids is 1. The van der Waals surface area contributed by atoms with Crippen molar-refractivity contribution in [2.45, 2.75) is 85.5 Å². The van der Waals surface area contributed by atoms with Crippen LogP contribution >= 0.6 is 11.6 Å². The standard InChI is InChI=1S/C11H17ClO3.C9H18/c1-7(2)8-3-5-11(6-4-8,9(12)13)10(14)15;1-8(2)9-6-4-3-5-7-9/h7-8H,3-6H2,1-2H3,(H,14,15);8-9H,3-7H2,1-2H3. The average Bonchev–Trinajstić information content (AvgIpc) is 2.55. The van der Waals surface area contributed by atoms with Gasteiger partial charge in [-0.25, -0.2) is 0 Å². The predicted octanol–water partition coefficient (Wildman–Crippen LogP) is 5.89. The van der Waals surface area contributed by atoms with E-state index in [4.69, 9.17) is 16.7 Å². The van der Waals surface area contributed by atoms with E-state index in [2.05, 4.69) is 27.7 Å². The van der Waals surface area contributed by atoms with Crippen LogP contribution in [0.5, 0.6) is 0 Å². The topological polar surface area (TPSA) is 54.4 Å². The number of carboxylic acid groups (broad SMARTS) is 1. The minimum atomic E-state index is -1.31. The fourth-order valence-electron chi connectivity index (χ4n) is 4.09. The zero-order valence-corrected chi connectivity index (χ0v) is 16.6. The van der Waals surface area contributed by atoms with Crippen molar-refractivity contribution in [3.05, 3.63) is 0 Å². The molecule has 0 aromatic carbocycles. The van der Waals surface area contributed by atoms with Crippen LogP contribution in [0.15, 0.2) is 0 Å². The summed E-state index contributed by atoms with van der Waals surface area (Å²) in [6.07, 6.45) is 9.79. The molecule has 0 aliphatic heterocycles. The molecular formula is C20H35ClO3. The number of hydrogen-bond donors (Lipinski definition) is 1. The molecule has 2 rings (SSSR count). The summed E-state index contributed by atoms with van der Waals surface area (Å²) in [7, 11) is 0. The van der Waals surface area contributed by atoms with Crippen LogP contribution < -0.4 is 0 Å². The van der Waals surface area contributed by atoms with Crippen LogP contribution in [0.2, 0.25) is 0 Å². The summed E-state index contributed by atoms with van der Waals surface area (Å²) >= 11 is 5.42. The van der Waals surface area contributed by atoms with E-state index in [1.165, 1.54) is 32.1 Å². The van der Waals surface area contributed by atoms with E-state index in [0.717, 1.165) is 24.7 Å². The lowest BCUT2D eigenvalue weighted by Crippen LogP contribution is -2.41. The fourth-order valence-corrected chi connectivity index (χ4v) is 4.36. The van der Waals surface area contributed by atoms with Gasteiger partial charge in [0.05, 0.1) is 0 Å². The average molecular weight is 359 g/mol. The van der Waals surface area contributed by atoms with Gasteiger partial charge in [-0.2, -0.15) is 0 Å². The summed E-state index contributed by atoms with van der Waals surface area (Å²) in [4.78, 5) is 22.3. The molecule has 0 amide bonds. The maximum Gasteiger partial charge on any atom is 0.318 e. The van der Waals surface area contributed by atoms with Crippen molar-refractivity contribution < 1.29 is 14.7 Å². The smallest absolute Gasteiger partial charge is 0.318 e. The highest BCUT2D eigenvalue weighted by molar-refractivity contribution is 6.66. The Balaban J connectivity index is 0.000000272. The number of carbonyl (C=O) groups is 2. The largest absolute Gasteiger partial charge is 0.480 e. The van der Waals surface area contributed by atoms with E-state index < -0.39 is 16.6 Å². The second-order valence-electron chi connectivity index (χ2n) is 8.38. The third kappa shape index (κ3) is 5.75. The first-order chi connectivity index (χ1) is 11.2. The minimum Gasteiger partial charge on any atom is -0.480 e. The van der Waals surface area contributed by atoms with Gasteiger partial charge in [0.15, 0.2) is 0 Å². The molecule has 140 valence electrons. The summed E-state index contributed by atoms with van der Waals surface area (Å²) < 4.78 is 0. The van der Waals surface area contributed by atoms with Crippen LogP contribution in [0.1, 0.15) is 85.5 Å². The van der Waals surface area contributed by atoms with Crippen LogP contribution in [0, 0.1) is 29.1 Å². The van der Waals surface area contributed by atoms with Crippen molar-refractivity contribution in [1.82, 2.24) is 0 Å². The van der Waals surface area contributed by atoms with Gasteiger partial charge in [-0.05, 0) is 61.0 Å². The first kappa shape index (κ1) is 21.5. The van der Waals surface area contributed by atoms with Gasteiger partial charge in [0.1, 0.15) is 5.41 Å². The van der Waals surface area contributed by atoms with Crippen LogP contribution in [0.25, 0.3) is 0 Å². The Bertz CT molecular complexity index is 387. The quantitative estimate of drug-likeness (QED) is 0.503. The van der Waals surface area contributed by atoms with Crippen LogP contribution in [0.3, 0.4) is 0 Å². The number of halogens is 1. The summed E-state index contributed by atoms with van der Waals surface area (Å²) in [6, 6.07) is 0. The molecule has 0 bridgehead atoms. The van der Waals surface area contributed by atoms with Crippen LogP contribution in [0.4, 0.5) is 0 Å². The minimum absolute atomic E-state index is 0.382. The van der Waals surface area contributed by atoms with Crippen LogP contribution in [-0.2, 0) is 9.59 Å². The zero-order valence-electron chi connectivity index (χ0n) is 15.8. The maximum atomic E-state index is 11.2. The van der Waals surface area contributed by atoms with Gasteiger partial charge in [0, 0.05) is 0 Å². The van der Waals surface area contributed by atoms with Gasteiger partial charge >= 0.3 is 5.97 Å². The van der Waals surface area contributed by atoms with Crippen molar-refractivity contribution in [1.29, 1.82) is 0 Å². The van der Waals surface area contributed by atoms with Crippen molar-refractivity contribution in [3.63, 3.8) is 0 Å². The van der Waals surface area contributed by atoms with Crippen molar-refractivity contribution in [2.24, 2.45) is 29.1 Å². The summed E-state index contributed by atoms with van der Waals surface area (Å²) in [5, 5.41) is 8.37. The van der Waals surface area contributed by atoms with Gasteiger partial charge in [-0.1, -0.05) is 59.8 Å². The lowest BCUT2D eigenvalue weighted by atomic mass is 9.68. The lowest BCUT2D eigenvalue weighted by Gasteiger charge is -2.35. The van der Waals surface area contributed by atoms with E-state index in [0.29, 0.717) is 24.7 Å². The predicted molar refractivity (Wildman–Crippen MR) is 99.1 cm³/mol. The van der Waals surface area contributed by atoms with E-state index in [-0.39, 0.29) is 0 Å². The van der Waals surface area contributed by atoms with Gasteiger partial charge in [-0.3, -0.25) is 9.59 Å².